The summed E-state index contributed by atoms with van der Waals surface area (Å²) in [5, 5.41) is 4.36. The maximum atomic E-state index is 6.63. The van der Waals surface area contributed by atoms with Crippen molar-refractivity contribution in [2.75, 3.05) is 31.1 Å². The van der Waals surface area contributed by atoms with Gasteiger partial charge in [0, 0.05) is 23.0 Å². The van der Waals surface area contributed by atoms with Crippen LogP contribution in [-0.4, -0.2) is 36.7 Å². The van der Waals surface area contributed by atoms with Gasteiger partial charge in [0.05, 0.1) is 17.1 Å². The minimum absolute atomic E-state index is 0.222. The molecule has 5 heteroatoms. The summed E-state index contributed by atoms with van der Waals surface area (Å²) in [4.78, 5) is 2.25. The van der Waals surface area contributed by atoms with Gasteiger partial charge in [0.25, 0.3) is 0 Å². The molecular weight excluding hydrogens is 379 g/mol. The predicted molar refractivity (Wildman–Crippen MR) is 113 cm³/mol. The fourth-order valence-electron chi connectivity index (χ4n) is 5.56. The van der Waals surface area contributed by atoms with Crippen LogP contribution in [0.1, 0.15) is 50.2 Å². The van der Waals surface area contributed by atoms with Crippen molar-refractivity contribution >= 4 is 34.5 Å². The molecule has 0 saturated carbocycles. The summed E-state index contributed by atoms with van der Waals surface area (Å²) in [6.45, 7) is 8.19. The van der Waals surface area contributed by atoms with Gasteiger partial charge < -0.3 is 15.0 Å². The van der Waals surface area contributed by atoms with Crippen molar-refractivity contribution in [1.29, 1.82) is 0 Å². The zero-order chi connectivity index (χ0) is 18.8. The Morgan fingerprint density at radius 1 is 1.37 bits per heavy atom. The average molecular weight is 405 g/mol. The fraction of sp³-hybridized carbons (Fsp3) is 0.545. The lowest BCUT2D eigenvalue weighted by Gasteiger charge is -2.47. The zero-order valence-corrected chi connectivity index (χ0v) is 17.5. The van der Waals surface area contributed by atoms with Crippen molar-refractivity contribution in [3.05, 3.63) is 40.4 Å². The topological polar surface area (TPSA) is 24.5 Å². The van der Waals surface area contributed by atoms with Crippen LogP contribution >= 0.6 is 23.2 Å². The van der Waals surface area contributed by atoms with Crippen molar-refractivity contribution < 1.29 is 4.74 Å². The third kappa shape index (κ3) is 2.58. The molecule has 3 heterocycles. The molecule has 0 radical (unpaired) electrons. The Bertz CT molecular complexity index is 860. The van der Waals surface area contributed by atoms with E-state index in [1.807, 2.05) is 13.0 Å². The monoisotopic (exact) mass is 404 g/mol. The molecule has 0 spiro atoms. The van der Waals surface area contributed by atoms with E-state index in [2.05, 4.69) is 35.3 Å². The lowest BCUT2D eigenvalue weighted by atomic mass is 9.75. The van der Waals surface area contributed by atoms with Gasteiger partial charge in [0.1, 0.15) is 12.4 Å². The summed E-state index contributed by atoms with van der Waals surface area (Å²) in [5.74, 6) is 1.51. The predicted octanol–water partition coefficient (Wildman–Crippen LogP) is 5.03. The fourth-order valence-corrected chi connectivity index (χ4v) is 6.23. The summed E-state index contributed by atoms with van der Waals surface area (Å²) < 4.78 is 6.14. The molecule has 1 aromatic carbocycles. The van der Waals surface area contributed by atoms with Crippen LogP contribution in [0.4, 0.5) is 5.69 Å². The van der Waals surface area contributed by atoms with Gasteiger partial charge in [-0.1, -0.05) is 24.6 Å². The van der Waals surface area contributed by atoms with E-state index in [4.69, 9.17) is 27.9 Å². The van der Waals surface area contributed by atoms with E-state index in [1.54, 1.807) is 0 Å². The lowest BCUT2D eigenvalue weighted by Crippen LogP contribution is -2.57. The molecule has 3 atom stereocenters. The maximum absolute atomic E-state index is 6.63. The number of benzene rings is 1. The van der Waals surface area contributed by atoms with Crippen LogP contribution in [-0.2, 0) is 0 Å². The molecule has 0 bridgehead atoms. The number of anilines is 1. The zero-order valence-electron chi connectivity index (χ0n) is 15.9. The number of fused-ring (bicyclic) bond motifs is 3. The minimum atomic E-state index is -0.399. The van der Waals surface area contributed by atoms with Crippen LogP contribution in [0.3, 0.4) is 0 Å². The summed E-state index contributed by atoms with van der Waals surface area (Å²) in [6, 6.07) is 4.53. The SMILES string of the molecule is CCC12CCNCC1c1cc(C3=CCC(C)(Cl)C=C3Cl)cc3c1N2CCO3. The number of nitrogens with zero attached hydrogens (tertiary/aromatic N) is 1. The highest BCUT2D eigenvalue weighted by atomic mass is 35.5. The highest BCUT2D eigenvalue weighted by Crippen LogP contribution is 2.57. The van der Waals surface area contributed by atoms with Crippen molar-refractivity contribution in [2.24, 2.45) is 0 Å². The van der Waals surface area contributed by atoms with Crippen LogP contribution in [0.15, 0.2) is 29.3 Å². The Labute approximate surface area is 171 Å². The molecule has 27 heavy (non-hydrogen) atoms. The third-order valence-electron chi connectivity index (χ3n) is 6.91. The Balaban J connectivity index is 1.65. The number of hydrogen-bond acceptors (Lipinski definition) is 3. The molecule has 0 amide bonds. The molecule has 5 rings (SSSR count). The molecule has 144 valence electrons. The third-order valence-corrected chi connectivity index (χ3v) is 7.48. The highest BCUT2D eigenvalue weighted by molar-refractivity contribution is 6.38. The van der Waals surface area contributed by atoms with E-state index < -0.39 is 4.87 Å². The Hall–Kier alpha value is -1.16. The van der Waals surface area contributed by atoms with Crippen LogP contribution < -0.4 is 15.0 Å². The smallest absolute Gasteiger partial charge is 0.143 e. The second-order valence-corrected chi connectivity index (χ2v) is 9.74. The van der Waals surface area contributed by atoms with E-state index in [0.29, 0.717) is 5.92 Å². The largest absolute Gasteiger partial charge is 0.490 e. The van der Waals surface area contributed by atoms with Gasteiger partial charge >= 0.3 is 0 Å². The molecule has 3 nitrogen and oxygen atoms in total. The van der Waals surface area contributed by atoms with Gasteiger partial charge in [-0.3, -0.25) is 0 Å². The van der Waals surface area contributed by atoms with Crippen molar-refractivity contribution in [1.82, 2.24) is 5.32 Å². The quantitative estimate of drug-likeness (QED) is 0.699. The summed E-state index contributed by atoms with van der Waals surface area (Å²) in [6.07, 6.45) is 7.27. The number of rotatable bonds is 2. The van der Waals surface area contributed by atoms with Gasteiger partial charge in [-0.05, 0) is 67.6 Å². The Morgan fingerprint density at radius 3 is 3.00 bits per heavy atom. The van der Waals surface area contributed by atoms with Crippen LogP contribution in [0.5, 0.6) is 5.75 Å². The Morgan fingerprint density at radius 2 is 2.22 bits per heavy atom. The maximum Gasteiger partial charge on any atom is 0.143 e. The first kappa shape index (κ1) is 17.9. The van der Waals surface area contributed by atoms with Crippen molar-refractivity contribution in [3.63, 3.8) is 0 Å². The first-order valence-corrected chi connectivity index (χ1v) is 10.8. The van der Waals surface area contributed by atoms with E-state index in [-0.39, 0.29) is 5.54 Å². The number of halogens is 2. The van der Waals surface area contributed by atoms with E-state index in [9.17, 15) is 0 Å². The molecule has 0 aromatic heterocycles. The average Bonchev–Trinajstić information content (AvgIpc) is 2.93. The summed E-state index contributed by atoms with van der Waals surface area (Å²) in [7, 11) is 0. The van der Waals surface area contributed by atoms with Gasteiger partial charge in [0.2, 0.25) is 0 Å². The van der Waals surface area contributed by atoms with Gasteiger partial charge in [-0.2, -0.15) is 0 Å². The molecule has 1 fully saturated rings. The number of nitrogens with one attached hydrogen (secondary N) is 1. The van der Waals surface area contributed by atoms with Crippen molar-refractivity contribution in [3.8, 4) is 5.75 Å². The van der Waals surface area contributed by atoms with Crippen LogP contribution in [0, 0.1) is 0 Å². The molecule has 3 aliphatic heterocycles. The van der Waals surface area contributed by atoms with E-state index in [1.165, 1.54) is 17.7 Å². The number of allylic oxidation sites excluding steroid dienone is 4. The van der Waals surface area contributed by atoms with E-state index in [0.717, 1.165) is 61.0 Å². The van der Waals surface area contributed by atoms with E-state index >= 15 is 0 Å². The normalized spacial score (nSPS) is 34.4. The molecular formula is C22H26Cl2N2O. The molecule has 3 unspecified atom stereocenters. The lowest BCUT2D eigenvalue weighted by molar-refractivity contribution is 0.229. The summed E-state index contributed by atoms with van der Waals surface area (Å²) >= 11 is 13.1. The van der Waals surface area contributed by atoms with Gasteiger partial charge in [0.15, 0.2) is 0 Å². The van der Waals surface area contributed by atoms with Gasteiger partial charge in [-0.15, -0.1) is 11.6 Å². The van der Waals surface area contributed by atoms with Crippen LogP contribution in [0.2, 0.25) is 0 Å². The number of hydrogen-bond donors (Lipinski definition) is 1. The first-order chi connectivity index (χ1) is 13.0. The van der Waals surface area contributed by atoms with Crippen LogP contribution in [0.25, 0.3) is 5.57 Å². The molecule has 1 aromatic rings. The van der Waals surface area contributed by atoms with Gasteiger partial charge in [-0.25, -0.2) is 0 Å². The molecule has 4 aliphatic rings. The molecule has 1 saturated heterocycles. The second-order valence-electron chi connectivity index (χ2n) is 8.47. The summed E-state index contributed by atoms with van der Waals surface area (Å²) in [5.41, 5.74) is 5.18. The number of alkyl halides is 1. The standard InChI is InChI=1S/C22H26Cl2N2O/c1-3-22-6-7-25-13-17(22)16-10-14(11-19-20(16)26(22)8-9-27-19)15-4-5-21(2,24)12-18(15)23/h4,10-12,17,25H,3,5-9,13H2,1-2H3. The molecule has 1 N–H and O–H groups in total. The number of ether oxygens (including phenoxy) is 1. The minimum Gasteiger partial charge on any atom is -0.490 e. The highest BCUT2D eigenvalue weighted by Gasteiger charge is 2.53. The first-order valence-electron chi connectivity index (χ1n) is 10.0. The van der Waals surface area contributed by atoms with Crippen molar-refractivity contribution in [2.45, 2.75) is 49.4 Å². The Kier molecular flexibility index (Phi) is 4.09. The second kappa shape index (κ2) is 6.17. The number of piperidine rings is 1. The molecule has 1 aliphatic carbocycles.